The standard InChI is InChI=1S/C26H31F4N5O6/c1-25(2,3)41-24(39)31-14(12-35-19(36)7-6-16(27)23(35)38)11-20(37)34-9-8-15-17(13-34)32-22(18-5-4-10-40-18)33-21(15)26(28,29)30/h4-5,10,14,16,23,38H,6-9,11-13H2,1-3H3,(H,31,39)/t14?,16-,23?/m0/s1. The van der Waals surface area contributed by atoms with Gasteiger partial charge in [0.25, 0.3) is 0 Å². The maximum Gasteiger partial charge on any atom is 0.433 e. The quantitative estimate of drug-likeness (QED) is 0.493. The number of hydrogen-bond acceptors (Lipinski definition) is 8. The number of alkyl halides is 4. The molecule has 0 bridgehead atoms. The van der Waals surface area contributed by atoms with Crippen LogP contribution in [-0.4, -0.2) is 79.9 Å². The molecular weight excluding hydrogens is 554 g/mol. The van der Waals surface area contributed by atoms with E-state index in [1.807, 2.05) is 0 Å². The molecule has 15 heteroatoms. The van der Waals surface area contributed by atoms with Crippen LogP contribution in [0.1, 0.15) is 57.0 Å². The third kappa shape index (κ3) is 7.31. The van der Waals surface area contributed by atoms with E-state index in [0.29, 0.717) is 0 Å². The lowest BCUT2D eigenvalue weighted by Gasteiger charge is -2.37. The molecule has 3 amide bonds. The Morgan fingerprint density at radius 1 is 1.24 bits per heavy atom. The van der Waals surface area contributed by atoms with E-state index in [2.05, 4.69) is 15.3 Å². The molecule has 2 aromatic rings. The molecule has 2 N–H and O–H groups in total. The average molecular weight is 586 g/mol. The second kappa shape index (κ2) is 11.6. The number of nitrogens with one attached hydrogen (secondary N) is 1. The highest BCUT2D eigenvalue weighted by molar-refractivity contribution is 5.80. The minimum Gasteiger partial charge on any atom is -0.461 e. The zero-order valence-corrected chi connectivity index (χ0v) is 22.7. The summed E-state index contributed by atoms with van der Waals surface area (Å²) in [6.45, 7) is 4.12. The molecule has 2 unspecified atom stereocenters. The lowest BCUT2D eigenvalue weighted by molar-refractivity contribution is -0.156. The number of aliphatic hydroxyl groups is 1. The largest absolute Gasteiger partial charge is 0.461 e. The minimum absolute atomic E-state index is 0.00289. The second-order valence-corrected chi connectivity index (χ2v) is 10.9. The highest BCUT2D eigenvalue weighted by atomic mass is 19.4. The van der Waals surface area contributed by atoms with Gasteiger partial charge in [-0.2, -0.15) is 13.2 Å². The van der Waals surface area contributed by atoms with Gasteiger partial charge in [-0.15, -0.1) is 0 Å². The first-order valence-corrected chi connectivity index (χ1v) is 13.0. The topological polar surface area (TPSA) is 138 Å². The van der Waals surface area contributed by atoms with Gasteiger partial charge in [-0.25, -0.2) is 19.2 Å². The van der Waals surface area contributed by atoms with Gasteiger partial charge in [-0.3, -0.25) is 9.59 Å². The molecule has 2 aromatic heterocycles. The molecule has 4 heterocycles. The van der Waals surface area contributed by atoms with Crippen molar-refractivity contribution < 1.29 is 46.2 Å². The molecule has 0 spiro atoms. The lowest BCUT2D eigenvalue weighted by Crippen LogP contribution is -2.56. The Kier molecular flexibility index (Phi) is 8.57. The normalized spacial score (nSPS) is 20.4. The van der Waals surface area contributed by atoms with Gasteiger partial charge in [0, 0.05) is 31.5 Å². The predicted molar refractivity (Wildman–Crippen MR) is 133 cm³/mol. The van der Waals surface area contributed by atoms with E-state index >= 15 is 0 Å². The van der Waals surface area contributed by atoms with Crippen LogP contribution in [0, 0.1) is 0 Å². The van der Waals surface area contributed by atoms with Gasteiger partial charge in [-0.05, 0) is 45.7 Å². The first-order valence-electron chi connectivity index (χ1n) is 13.0. The molecule has 11 nitrogen and oxygen atoms in total. The fourth-order valence-corrected chi connectivity index (χ4v) is 4.71. The second-order valence-electron chi connectivity index (χ2n) is 10.9. The molecule has 0 saturated carbocycles. The summed E-state index contributed by atoms with van der Waals surface area (Å²) in [6.07, 6.45) is -8.75. The molecule has 0 radical (unpaired) electrons. The number of carbonyl (C=O) groups excluding carboxylic acids is 3. The molecule has 4 rings (SSSR count). The Labute approximate surface area is 232 Å². The summed E-state index contributed by atoms with van der Waals surface area (Å²) in [4.78, 5) is 48.3. The number of ether oxygens (including phenoxy) is 1. The third-order valence-corrected chi connectivity index (χ3v) is 6.58. The van der Waals surface area contributed by atoms with Crippen LogP contribution in [0.15, 0.2) is 22.8 Å². The maximum atomic E-state index is 14.2. The van der Waals surface area contributed by atoms with Crippen molar-refractivity contribution in [2.75, 3.05) is 13.1 Å². The number of piperidine rings is 1. The molecule has 0 aromatic carbocycles. The van der Waals surface area contributed by atoms with Crippen molar-refractivity contribution in [2.24, 2.45) is 0 Å². The number of amides is 3. The van der Waals surface area contributed by atoms with Crippen LogP contribution in [0.2, 0.25) is 0 Å². The predicted octanol–water partition coefficient (Wildman–Crippen LogP) is 3.20. The van der Waals surface area contributed by atoms with E-state index in [0.717, 1.165) is 4.90 Å². The molecule has 3 atom stereocenters. The fourth-order valence-electron chi connectivity index (χ4n) is 4.71. The van der Waals surface area contributed by atoms with Crippen LogP contribution < -0.4 is 5.32 Å². The van der Waals surface area contributed by atoms with E-state index in [1.54, 1.807) is 20.8 Å². The highest BCUT2D eigenvalue weighted by Gasteiger charge is 2.40. The summed E-state index contributed by atoms with van der Waals surface area (Å²) in [5.74, 6) is -1.37. The third-order valence-electron chi connectivity index (χ3n) is 6.58. The van der Waals surface area contributed by atoms with E-state index in [4.69, 9.17) is 9.15 Å². The summed E-state index contributed by atoms with van der Waals surface area (Å²) < 4.78 is 66.1. The van der Waals surface area contributed by atoms with E-state index in [9.17, 15) is 37.1 Å². The number of halogens is 4. The van der Waals surface area contributed by atoms with Gasteiger partial charge >= 0.3 is 12.3 Å². The van der Waals surface area contributed by atoms with Crippen LogP contribution in [0.4, 0.5) is 22.4 Å². The zero-order valence-electron chi connectivity index (χ0n) is 22.7. The Morgan fingerprint density at radius 2 is 1.98 bits per heavy atom. The van der Waals surface area contributed by atoms with Crippen LogP contribution in [0.25, 0.3) is 11.6 Å². The summed E-state index contributed by atoms with van der Waals surface area (Å²) in [6, 6.07) is 1.80. The number of rotatable bonds is 6. The first-order chi connectivity index (χ1) is 19.1. The summed E-state index contributed by atoms with van der Waals surface area (Å²) in [5.41, 5.74) is -2.13. The molecule has 0 aliphatic carbocycles. The Bertz CT molecular complexity index is 1280. The van der Waals surface area contributed by atoms with E-state index in [-0.39, 0.29) is 55.2 Å². The van der Waals surface area contributed by atoms with Crippen molar-refractivity contribution in [1.29, 1.82) is 0 Å². The number of hydrogen-bond donors (Lipinski definition) is 2. The average Bonchev–Trinajstić information content (AvgIpc) is 3.41. The van der Waals surface area contributed by atoms with Crippen molar-refractivity contribution in [3.05, 3.63) is 35.3 Å². The Hall–Kier alpha value is -3.75. The fraction of sp³-hybridized carbons (Fsp3) is 0.577. The number of furan rings is 1. The Balaban J connectivity index is 1.55. The molecule has 2 aliphatic heterocycles. The highest BCUT2D eigenvalue weighted by Crippen LogP contribution is 2.35. The smallest absolute Gasteiger partial charge is 0.433 e. The summed E-state index contributed by atoms with van der Waals surface area (Å²) in [5, 5.41) is 12.7. The summed E-state index contributed by atoms with van der Waals surface area (Å²) >= 11 is 0. The first kappa shape index (κ1) is 30.2. The van der Waals surface area contributed by atoms with Crippen molar-refractivity contribution in [2.45, 2.75) is 83.2 Å². The number of nitrogens with zero attached hydrogens (tertiary/aromatic N) is 4. The van der Waals surface area contributed by atoms with Crippen LogP contribution >= 0.6 is 0 Å². The SMILES string of the molecule is CC(C)(C)OC(=O)NC(CC(=O)N1CCc2c(nc(-c3ccco3)nc2C(F)(F)F)C1)CN1C(=O)CC[C@H](F)C1O. The van der Waals surface area contributed by atoms with Gasteiger partial charge < -0.3 is 29.4 Å². The number of aromatic nitrogens is 2. The lowest BCUT2D eigenvalue weighted by atomic mass is 10.0. The molecule has 2 aliphatic rings. The molecule has 224 valence electrons. The number of alkyl carbamates (subject to hydrolysis) is 1. The van der Waals surface area contributed by atoms with Crippen molar-refractivity contribution in [1.82, 2.24) is 25.1 Å². The van der Waals surface area contributed by atoms with Crippen molar-refractivity contribution in [3.8, 4) is 11.6 Å². The Morgan fingerprint density at radius 3 is 2.61 bits per heavy atom. The number of likely N-dealkylation sites (tertiary alicyclic amines) is 1. The van der Waals surface area contributed by atoms with Gasteiger partial charge in [0.2, 0.25) is 11.8 Å². The van der Waals surface area contributed by atoms with Crippen molar-refractivity contribution >= 4 is 17.9 Å². The van der Waals surface area contributed by atoms with Gasteiger partial charge in [0.15, 0.2) is 23.5 Å². The van der Waals surface area contributed by atoms with Gasteiger partial charge in [-0.1, -0.05) is 0 Å². The number of carbonyl (C=O) groups is 3. The van der Waals surface area contributed by atoms with Crippen LogP contribution in [0.5, 0.6) is 0 Å². The van der Waals surface area contributed by atoms with E-state index < -0.39 is 66.8 Å². The molecule has 1 saturated heterocycles. The molecule has 41 heavy (non-hydrogen) atoms. The number of aliphatic hydroxyl groups excluding tert-OH is 1. The van der Waals surface area contributed by atoms with E-state index in [1.165, 1.54) is 23.3 Å². The van der Waals surface area contributed by atoms with Crippen molar-refractivity contribution in [3.63, 3.8) is 0 Å². The summed E-state index contributed by atoms with van der Waals surface area (Å²) in [7, 11) is 0. The van der Waals surface area contributed by atoms with Gasteiger partial charge in [0.05, 0.1) is 24.5 Å². The molecular formula is C26H31F4N5O6. The van der Waals surface area contributed by atoms with Crippen LogP contribution in [0.3, 0.4) is 0 Å². The monoisotopic (exact) mass is 585 g/mol. The zero-order chi connectivity index (χ0) is 30.1. The maximum absolute atomic E-state index is 14.2. The van der Waals surface area contributed by atoms with Crippen LogP contribution in [-0.2, 0) is 33.5 Å². The minimum atomic E-state index is -4.76. The molecule has 1 fully saturated rings. The number of fused-ring (bicyclic) bond motifs is 1. The van der Waals surface area contributed by atoms with Gasteiger partial charge in [0.1, 0.15) is 11.8 Å².